The SMILES string of the molecule is CCCC(NS(=O)(=O)c1ccc(Br)cc1Cl)c1cccs1. The lowest BCUT2D eigenvalue weighted by Crippen LogP contribution is -2.28. The summed E-state index contributed by atoms with van der Waals surface area (Å²) in [5.74, 6) is 0. The van der Waals surface area contributed by atoms with Gasteiger partial charge < -0.3 is 0 Å². The Morgan fingerprint density at radius 2 is 2.14 bits per heavy atom. The molecule has 0 saturated carbocycles. The standard InChI is InChI=1S/C14H15BrClNO2S2/c1-2-4-12(13-5-3-8-20-13)17-21(18,19)14-7-6-10(15)9-11(14)16/h3,5-9,12,17H,2,4H2,1H3. The van der Waals surface area contributed by atoms with E-state index >= 15 is 0 Å². The van der Waals surface area contributed by atoms with Crippen LogP contribution in [0.2, 0.25) is 5.02 Å². The molecule has 2 aromatic rings. The zero-order chi connectivity index (χ0) is 15.5. The number of hydrogen-bond donors (Lipinski definition) is 1. The highest BCUT2D eigenvalue weighted by molar-refractivity contribution is 9.10. The molecule has 1 unspecified atom stereocenters. The van der Waals surface area contributed by atoms with Crippen LogP contribution >= 0.6 is 38.9 Å². The van der Waals surface area contributed by atoms with Crippen LogP contribution in [-0.4, -0.2) is 8.42 Å². The first-order valence-electron chi connectivity index (χ1n) is 6.45. The van der Waals surface area contributed by atoms with Crippen LogP contribution < -0.4 is 4.72 Å². The van der Waals surface area contributed by atoms with Crippen molar-refractivity contribution in [1.29, 1.82) is 0 Å². The molecule has 0 aliphatic rings. The molecule has 0 amide bonds. The number of hydrogen-bond acceptors (Lipinski definition) is 3. The molecule has 21 heavy (non-hydrogen) atoms. The molecule has 1 N–H and O–H groups in total. The molecule has 1 aromatic heterocycles. The minimum Gasteiger partial charge on any atom is -0.207 e. The normalized spacial score (nSPS) is 13.3. The van der Waals surface area contributed by atoms with Crippen LogP contribution in [-0.2, 0) is 10.0 Å². The van der Waals surface area contributed by atoms with Crippen molar-refractivity contribution in [3.05, 3.63) is 50.1 Å². The second-order valence-electron chi connectivity index (χ2n) is 4.55. The lowest BCUT2D eigenvalue weighted by molar-refractivity contribution is 0.540. The summed E-state index contributed by atoms with van der Waals surface area (Å²) in [6.07, 6.45) is 1.63. The highest BCUT2D eigenvalue weighted by atomic mass is 79.9. The molecule has 2 rings (SSSR count). The van der Waals surface area contributed by atoms with Crippen LogP contribution in [0.3, 0.4) is 0 Å². The third kappa shape index (κ3) is 4.29. The van der Waals surface area contributed by atoms with Crippen molar-refractivity contribution in [2.45, 2.75) is 30.7 Å². The number of halogens is 2. The van der Waals surface area contributed by atoms with Crippen molar-refractivity contribution in [1.82, 2.24) is 4.72 Å². The van der Waals surface area contributed by atoms with Crippen LogP contribution in [0.1, 0.15) is 30.7 Å². The van der Waals surface area contributed by atoms with Crippen LogP contribution in [0.4, 0.5) is 0 Å². The number of nitrogens with one attached hydrogen (secondary N) is 1. The highest BCUT2D eigenvalue weighted by Crippen LogP contribution is 2.29. The Morgan fingerprint density at radius 1 is 1.38 bits per heavy atom. The fraction of sp³-hybridized carbons (Fsp3) is 0.286. The van der Waals surface area contributed by atoms with E-state index < -0.39 is 10.0 Å². The van der Waals surface area contributed by atoms with Crippen molar-refractivity contribution >= 4 is 48.9 Å². The van der Waals surface area contributed by atoms with Gasteiger partial charge in [0, 0.05) is 9.35 Å². The molecule has 0 spiro atoms. The van der Waals surface area contributed by atoms with Crippen LogP contribution in [0, 0.1) is 0 Å². The third-order valence-corrected chi connectivity index (χ3v) is 6.38. The largest absolute Gasteiger partial charge is 0.242 e. The smallest absolute Gasteiger partial charge is 0.207 e. The number of sulfonamides is 1. The molecule has 1 atom stereocenters. The molecule has 3 nitrogen and oxygen atoms in total. The summed E-state index contributed by atoms with van der Waals surface area (Å²) in [6, 6.07) is 8.39. The Morgan fingerprint density at radius 3 is 2.71 bits per heavy atom. The zero-order valence-corrected chi connectivity index (χ0v) is 15.3. The van der Waals surface area contributed by atoms with E-state index in [-0.39, 0.29) is 16.0 Å². The van der Waals surface area contributed by atoms with E-state index in [0.717, 1.165) is 22.2 Å². The minimum absolute atomic E-state index is 0.102. The van der Waals surface area contributed by atoms with Gasteiger partial charge in [0.2, 0.25) is 10.0 Å². The summed E-state index contributed by atoms with van der Waals surface area (Å²) in [4.78, 5) is 1.11. The first kappa shape index (κ1) is 17.0. The maximum absolute atomic E-state index is 12.5. The van der Waals surface area contributed by atoms with Gasteiger partial charge >= 0.3 is 0 Å². The quantitative estimate of drug-likeness (QED) is 0.732. The van der Waals surface area contributed by atoms with E-state index in [1.54, 1.807) is 23.5 Å². The average Bonchev–Trinajstić information content (AvgIpc) is 2.91. The zero-order valence-electron chi connectivity index (χ0n) is 11.3. The van der Waals surface area contributed by atoms with E-state index in [2.05, 4.69) is 20.7 Å². The van der Waals surface area contributed by atoms with Crippen molar-refractivity contribution < 1.29 is 8.42 Å². The van der Waals surface area contributed by atoms with Gasteiger partial charge in [-0.1, -0.05) is 46.9 Å². The molecule has 1 aromatic carbocycles. The fourth-order valence-electron chi connectivity index (χ4n) is 1.98. The number of rotatable bonds is 6. The summed E-state index contributed by atoms with van der Waals surface area (Å²) in [6.45, 7) is 2.03. The molecule has 0 bridgehead atoms. The van der Waals surface area contributed by atoms with Gasteiger partial charge in [-0.05, 0) is 36.1 Å². The van der Waals surface area contributed by atoms with Crippen molar-refractivity contribution in [3.63, 3.8) is 0 Å². The molecular weight excluding hydrogens is 394 g/mol. The topological polar surface area (TPSA) is 46.2 Å². The first-order valence-corrected chi connectivity index (χ1v) is 9.98. The van der Waals surface area contributed by atoms with Crippen LogP contribution in [0.15, 0.2) is 45.1 Å². The minimum atomic E-state index is -3.65. The van der Waals surface area contributed by atoms with Gasteiger partial charge in [0.1, 0.15) is 4.90 Å². The second kappa shape index (κ2) is 7.24. The Hall–Kier alpha value is -0.400. The molecule has 0 radical (unpaired) electrons. The van der Waals surface area contributed by atoms with Gasteiger partial charge in [-0.2, -0.15) is 0 Å². The molecule has 114 valence electrons. The summed E-state index contributed by atoms with van der Waals surface area (Å²) in [5, 5.41) is 2.15. The van der Waals surface area contributed by atoms with Crippen LogP contribution in [0.5, 0.6) is 0 Å². The van der Waals surface area contributed by atoms with Gasteiger partial charge in [-0.3, -0.25) is 0 Å². The summed E-state index contributed by atoms with van der Waals surface area (Å²) in [7, 11) is -3.65. The van der Waals surface area contributed by atoms with Gasteiger partial charge in [0.25, 0.3) is 0 Å². The average molecular weight is 409 g/mol. The lowest BCUT2D eigenvalue weighted by atomic mass is 10.1. The molecule has 1 heterocycles. The molecule has 7 heteroatoms. The first-order chi connectivity index (χ1) is 9.94. The van der Waals surface area contributed by atoms with Crippen molar-refractivity contribution in [2.24, 2.45) is 0 Å². The van der Waals surface area contributed by atoms with Gasteiger partial charge in [-0.15, -0.1) is 11.3 Å². The maximum atomic E-state index is 12.5. The Balaban J connectivity index is 2.30. The maximum Gasteiger partial charge on any atom is 0.242 e. The second-order valence-corrected chi connectivity index (χ2v) is 8.54. The van der Waals surface area contributed by atoms with E-state index in [9.17, 15) is 8.42 Å². The van der Waals surface area contributed by atoms with Crippen molar-refractivity contribution in [3.8, 4) is 0 Å². The third-order valence-electron chi connectivity index (χ3n) is 2.94. The molecule has 0 aliphatic heterocycles. The predicted molar refractivity (Wildman–Crippen MR) is 91.4 cm³/mol. The van der Waals surface area contributed by atoms with Gasteiger partial charge in [-0.25, -0.2) is 13.1 Å². The Bertz CT molecular complexity index is 702. The highest BCUT2D eigenvalue weighted by Gasteiger charge is 2.23. The molecule has 0 fully saturated rings. The van der Waals surface area contributed by atoms with Gasteiger partial charge in [0.15, 0.2) is 0 Å². The lowest BCUT2D eigenvalue weighted by Gasteiger charge is -2.17. The fourth-order valence-corrected chi connectivity index (χ4v) is 5.16. The van der Waals surface area contributed by atoms with E-state index in [4.69, 9.17) is 11.6 Å². The Kier molecular flexibility index (Phi) is 5.85. The molecular formula is C14H15BrClNO2S2. The number of thiophene rings is 1. The van der Waals surface area contributed by atoms with Crippen LogP contribution in [0.25, 0.3) is 0 Å². The number of benzene rings is 1. The molecule has 0 saturated heterocycles. The Labute approximate surface area is 142 Å². The summed E-state index contributed by atoms with van der Waals surface area (Å²) < 4.78 is 28.6. The monoisotopic (exact) mass is 407 g/mol. The van der Waals surface area contributed by atoms with E-state index in [1.165, 1.54) is 6.07 Å². The van der Waals surface area contributed by atoms with Gasteiger partial charge in [0.05, 0.1) is 11.1 Å². The predicted octanol–water partition coefficient (Wildman–Crippen LogP) is 4.98. The summed E-state index contributed by atoms with van der Waals surface area (Å²) in [5.41, 5.74) is 0. The molecule has 0 aliphatic carbocycles. The van der Waals surface area contributed by atoms with Crippen molar-refractivity contribution in [2.75, 3.05) is 0 Å². The van der Waals surface area contributed by atoms with E-state index in [1.807, 2.05) is 24.4 Å². The van der Waals surface area contributed by atoms with E-state index in [0.29, 0.717) is 0 Å². The summed E-state index contributed by atoms with van der Waals surface area (Å²) >= 11 is 10.9.